The molecule has 1 N–H and O–H groups in total. The Hall–Kier alpha value is -2.11. The van der Waals surface area contributed by atoms with Gasteiger partial charge in [0.05, 0.1) is 17.8 Å². The van der Waals surface area contributed by atoms with Crippen LogP contribution in [-0.2, 0) is 11.2 Å². The molecule has 0 aromatic carbocycles. The third-order valence-corrected chi connectivity index (χ3v) is 4.43. The van der Waals surface area contributed by atoms with Gasteiger partial charge in [-0.3, -0.25) is 9.89 Å². The van der Waals surface area contributed by atoms with E-state index in [-0.39, 0.29) is 5.91 Å². The van der Waals surface area contributed by atoms with Gasteiger partial charge in [0.15, 0.2) is 0 Å². The van der Waals surface area contributed by atoms with Crippen LogP contribution in [0.2, 0.25) is 0 Å². The Balaban J connectivity index is 1.68. The van der Waals surface area contributed by atoms with E-state index in [4.69, 9.17) is 4.52 Å². The molecular formula is C16H22N4O2. The average molecular weight is 302 g/mol. The molecule has 3 rings (SSSR count). The minimum Gasteiger partial charge on any atom is -0.361 e. The Labute approximate surface area is 129 Å². The van der Waals surface area contributed by atoms with E-state index in [0.29, 0.717) is 12.3 Å². The number of piperidine rings is 1. The van der Waals surface area contributed by atoms with E-state index >= 15 is 0 Å². The van der Waals surface area contributed by atoms with Gasteiger partial charge in [-0.2, -0.15) is 5.10 Å². The van der Waals surface area contributed by atoms with Gasteiger partial charge in [0.2, 0.25) is 5.91 Å². The number of nitrogens with zero attached hydrogens (tertiary/aromatic N) is 3. The van der Waals surface area contributed by atoms with E-state index in [2.05, 4.69) is 21.4 Å². The van der Waals surface area contributed by atoms with E-state index < -0.39 is 0 Å². The lowest BCUT2D eigenvalue weighted by molar-refractivity contribution is -0.131. The van der Waals surface area contributed by atoms with Gasteiger partial charge in [0.25, 0.3) is 0 Å². The minimum atomic E-state index is 0.145. The summed E-state index contributed by atoms with van der Waals surface area (Å²) in [7, 11) is 0. The molecule has 0 spiro atoms. The van der Waals surface area contributed by atoms with Crippen LogP contribution >= 0.6 is 0 Å². The van der Waals surface area contributed by atoms with E-state index in [9.17, 15) is 4.79 Å². The molecule has 1 amide bonds. The van der Waals surface area contributed by atoms with E-state index in [1.54, 1.807) is 0 Å². The number of H-pyrrole nitrogens is 1. The summed E-state index contributed by atoms with van der Waals surface area (Å²) in [6, 6.07) is 2.08. The molecule has 0 bridgehead atoms. The van der Waals surface area contributed by atoms with Crippen molar-refractivity contribution in [2.45, 2.75) is 46.0 Å². The summed E-state index contributed by atoms with van der Waals surface area (Å²) in [4.78, 5) is 14.5. The first kappa shape index (κ1) is 14.8. The molecule has 1 fully saturated rings. The number of nitrogens with one attached hydrogen (secondary N) is 1. The number of rotatable bonds is 3. The number of aromatic nitrogens is 3. The maximum Gasteiger partial charge on any atom is 0.227 e. The Morgan fingerprint density at radius 3 is 2.91 bits per heavy atom. The van der Waals surface area contributed by atoms with Crippen LogP contribution in [0, 0.1) is 20.8 Å². The topological polar surface area (TPSA) is 75.0 Å². The molecule has 6 heteroatoms. The number of aromatic amines is 1. The smallest absolute Gasteiger partial charge is 0.227 e. The molecule has 0 saturated carbocycles. The number of amides is 1. The zero-order chi connectivity index (χ0) is 15.7. The van der Waals surface area contributed by atoms with Crippen LogP contribution in [0.1, 0.15) is 47.2 Å². The summed E-state index contributed by atoms with van der Waals surface area (Å²) in [6.45, 7) is 7.30. The van der Waals surface area contributed by atoms with Crippen molar-refractivity contribution in [3.63, 3.8) is 0 Å². The van der Waals surface area contributed by atoms with Crippen LogP contribution in [0.3, 0.4) is 0 Å². The van der Waals surface area contributed by atoms with Gasteiger partial charge in [-0.15, -0.1) is 0 Å². The monoisotopic (exact) mass is 302 g/mol. The first-order chi connectivity index (χ1) is 10.5. The van der Waals surface area contributed by atoms with Crippen LogP contribution in [-0.4, -0.2) is 39.3 Å². The number of aryl methyl sites for hydroxylation is 3. The van der Waals surface area contributed by atoms with E-state index in [1.807, 2.05) is 25.7 Å². The van der Waals surface area contributed by atoms with Crippen molar-refractivity contribution >= 4 is 5.91 Å². The molecule has 1 aliphatic heterocycles. The number of likely N-dealkylation sites (tertiary alicyclic amines) is 1. The van der Waals surface area contributed by atoms with Gasteiger partial charge in [-0.05, 0) is 39.7 Å². The van der Waals surface area contributed by atoms with E-state index in [0.717, 1.165) is 54.3 Å². The van der Waals surface area contributed by atoms with Crippen molar-refractivity contribution in [2.75, 3.05) is 13.1 Å². The Morgan fingerprint density at radius 2 is 2.27 bits per heavy atom. The highest BCUT2D eigenvalue weighted by Gasteiger charge is 2.27. The molecule has 2 aromatic rings. The van der Waals surface area contributed by atoms with Gasteiger partial charge >= 0.3 is 0 Å². The van der Waals surface area contributed by atoms with E-state index in [1.165, 1.54) is 0 Å². The molecule has 1 aliphatic rings. The van der Waals surface area contributed by atoms with Gasteiger partial charge in [0.1, 0.15) is 5.76 Å². The molecule has 118 valence electrons. The summed E-state index contributed by atoms with van der Waals surface area (Å²) in [5.74, 6) is 1.21. The summed E-state index contributed by atoms with van der Waals surface area (Å²) in [6.07, 6.45) is 2.47. The SMILES string of the molecule is Cc1cc([C@H]2CCCN(C(=O)Cc3c(C)noc3C)C2)n[nH]1. The lowest BCUT2D eigenvalue weighted by atomic mass is 9.94. The second kappa shape index (κ2) is 5.94. The van der Waals surface area contributed by atoms with Gasteiger partial charge < -0.3 is 9.42 Å². The minimum absolute atomic E-state index is 0.145. The number of hydrogen-bond acceptors (Lipinski definition) is 4. The van der Waals surface area contributed by atoms with Crippen molar-refractivity contribution in [2.24, 2.45) is 0 Å². The van der Waals surface area contributed by atoms with Crippen LogP contribution in [0.25, 0.3) is 0 Å². The molecule has 22 heavy (non-hydrogen) atoms. The van der Waals surface area contributed by atoms with Crippen molar-refractivity contribution in [3.05, 3.63) is 34.5 Å². The third kappa shape index (κ3) is 2.91. The lowest BCUT2D eigenvalue weighted by Gasteiger charge is -2.32. The first-order valence-electron chi connectivity index (χ1n) is 7.76. The van der Waals surface area contributed by atoms with Gasteiger partial charge in [-0.1, -0.05) is 5.16 Å². The van der Waals surface area contributed by atoms with Crippen LogP contribution < -0.4 is 0 Å². The van der Waals surface area contributed by atoms with Crippen molar-refractivity contribution < 1.29 is 9.32 Å². The molecule has 6 nitrogen and oxygen atoms in total. The highest BCUT2D eigenvalue weighted by Crippen LogP contribution is 2.26. The Kier molecular flexibility index (Phi) is 4.00. The molecule has 1 atom stereocenters. The van der Waals surface area contributed by atoms with Crippen molar-refractivity contribution in [1.82, 2.24) is 20.3 Å². The van der Waals surface area contributed by atoms with Crippen LogP contribution in [0.5, 0.6) is 0 Å². The maximum absolute atomic E-state index is 12.6. The van der Waals surface area contributed by atoms with Crippen LogP contribution in [0.15, 0.2) is 10.6 Å². The predicted molar refractivity (Wildman–Crippen MR) is 81.6 cm³/mol. The standard InChI is InChI=1S/C16H22N4O2/c1-10-7-15(18-17-10)13-5-4-6-20(9-13)16(21)8-14-11(2)19-22-12(14)3/h7,13H,4-6,8-9H2,1-3H3,(H,17,18)/t13-/m0/s1. The summed E-state index contributed by atoms with van der Waals surface area (Å²) < 4.78 is 5.14. The molecule has 0 unspecified atom stereocenters. The summed E-state index contributed by atoms with van der Waals surface area (Å²) in [5, 5.41) is 11.3. The predicted octanol–water partition coefficient (Wildman–Crippen LogP) is 2.27. The zero-order valence-electron chi connectivity index (χ0n) is 13.3. The molecule has 1 saturated heterocycles. The lowest BCUT2D eigenvalue weighted by Crippen LogP contribution is -2.40. The second-order valence-electron chi connectivity index (χ2n) is 6.13. The number of hydrogen-bond donors (Lipinski definition) is 1. The zero-order valence-corrected chi connectivity index (χ0v) is 13.3. The molecule has 2 aromatic heterocycles. The fourth-order valence-electron chi connectivity index (χ4n) is 3.11. The Bertz CT molecular complexity index is 654. The average Bonchev–Trinajstić information content (AvgIpc) is 3.08. The summed E-state index contributed by atoms with van der Waals surface area (Å²) >= 11 is 0. The molecule has 0 aliphatic carbocycles. The molecule has 3 heterocycles. The Morgan fingerprint density at radius 1 is 1.45 bits per heavy atom. The van der Waals surface area contributed by atoms with Crippen molar-refractivity contribution in [1.29, 1.82) is 0 Å². The largest absolute Gasteiger partial charge is 0.361 e. The first-order valence-corrected chi connectivity index (χ1v) is 7.76. The number of carbonyl (C=O) groups excluding carboxylic acids is 1. The number of carbonyl (C=O) groups is 1. The normalized spacial score (nSPS) is 18.7. The summed E-state index contributed by atoms with van der Waals surface area (Å²) in [5.41, 5.74) is 3.85. The molecule has 0 radical (unpaired) electrons. The van der Waals surface area contributed by atoms with Crippen LogP contribution in [0.4, 0.5) is 0 Å². The highest BCUT2D eigenvalue weighted by atomic mass is 16.5. The fourth-order valence-corrected chi connectivity index (χ4v) is 3.11. The second-order valence-corrected chi connectivity index (χ2v) is 6.13. The highest BCUT2D eigenvalue weighted by molar-refractivity contribution is 5.79. The van der Waals surface area contributed by atoms with Gasteiger partial charge in [-0.25, -0.2) is 0 Å². The third-order valence-electron chi connectivity index (χ3n) is 4.43. The van der Waals surface area contributed by atoms with Gasteiger partial charge in [0, 0.05) is 30.3 Å². The van der Waals surface area contributed by atoms with Crippen molar-refractivity contribution in [3.8, 4) is 0 Å². The quantitative estimate of drug-likeness (QED) is 0.943. The maximum atomic E-state index is 12.6. The fraction of sp³-hybridized carbons (Fsp3) is 0.562. The molecular weight excluding hydrogens is 280 g/mol.